The summed E-state index contributed by atoms with van der Waals surface area (Å²) in [6, 6.07) is 5.69. The number of carboxylic acids is 1. The smallest absolute Gasteiger partial charge is 0.303 e. The lowest BCUT2D eigenvalue weighted by atomic mass is 10.0. The Kier molecular flexibility index (Phi) is 5.71. The number of rotatable bonds is 7. The molecule has 0 fully saturated rings. The maximum absolute atomic E-state index is 10.6. The third-order valence-corrected chi connectivity index (χ3v) is 2.44. The van der Waals surface area contributed by atoms with Crippen LogP contribution >= 0.6 is 0 Å². The van der Waals surface area contributed by atoms with E-state index in [4.69, 9.17) is 9.84 Å². The highest BCUT2D eigenvalue weighted by Gasteiger charge is 2.05. The number of carboxylic acid groups (broad SMARTS) is 1. The first-order valence-electron chi connectivity index (χ1n) is 5.88. The molecule has 0 unspecified atom stereocenters. The van der Waals surface area contributed by atoms with E-state index in [-0.39, 0.29) is 6.42 Å². The van der Waals surface area contributed by atoms with Gasteiger partial charge in [0, 0.05) is 6.42 Å². The van der Waals surface area contributed by atoms with E-state index in [1.807, 2.05) is 37.3 Å². The van der Waals surface area contributed by atoms with Crippen molar-refractivity contribution in [1.29, 1.82) is 0 Å². The van der Waals surface area contributed by atoms with E-state index >= 15 is 0 Å². The highest BCUT2D eigenvalue weighted by atomic mass is 16.5. The molecular formula is C15H18O3. The second-order valence-electron chi connectivity index (χ2n) is 3.85. The molecule has 0 spiro atoms. The summed E-state index contributed by atoms with van der Waals surface area (Å²) in [6.45, 7) is 5.99. The molecule has 0 saturated carbocycles. The summed E-state index contributed by atoms with van der Waals surface area (Å²) in [4.78, 5) is 10.6. The van der Waals surface area contributed by atoms with Crippen LogP contribution in [0.25, 0.3) is 6.08 Å². The van der Waals surface area contributed by atoms with Crippen molar-refractivity contribution in [2.24, 2.45) is 0 Å². The molecule has 1 aromatic rings. The Morgan fingerprint density at radius 3 is 2.89 bits per heavy atom. The zero-order valence-electron chi connectivity index (χ0n) is 10.6. The van der Waals surface area contributed by atoms with Crippen LogP contribution in [0.4, 0.5) is 0 Å². The highest BCUT2D eigenvalue weighted by Crippen LogP contribution is 2.20. The van der Waals surface area contributed by atoms with Crippen LogP contribution in [0, 0.1) is 0 Å². The molecule has 0 heterocycles. The van der Waals surface area contributed by atoms with Gasteiger partial charge >= 0.3 is 5.97 Å². The van der Waals surface area contributed by atoms with Gasteiger partial charge in [0.1, 0.15) is 12.4 Å². The maximum atomic E-state index is 10.6. The first kappa shape index (κ1) is 14.0. The Bertz CT molecular complexity index is 447. The zero-order valence-corrected chi connectivity index (χ0v) is 10.6. The molecule has 1 N–H and O–H groups in total. The molecule has 0 aliphatic carbocycles. The summed E-state index contributed by atoms with van der Waals surface area (Å²) in [5, 5.41) is 8.71. The molecule has 0 amide bonds. The summed E-state index contributed by atoms with van der Waals surface area (Å²) in [5.74, 6) is -0.0181. The number of carbonyl (C=O) groups is 1. The Morgan fingerprint density at radius 2 is 2.28 bits per heavy atom. The highest BCUT2D eigenvalue weighted by molar-refractivity contribution is 5.67. The van der Waals surface area contributed by atoms with E-state index in [1.54, 1.807) is 6.08 Å². The van der Waals surface area contributed by atoms with Crippen molar-refractivity contribution in [3.8, 4) is 5.75 Å². The van der Waals surface area contributed by atoms with Crippen LogP contribution in [0.5, 0.6) is 5.75 Å². The number of hydrogen-bond donors (Lipinski definition) is 1. The Hall–Kier alpha value is -2.03. The van der Waals surface area contributed by atoms with Crippen molar-refractivity contribution >= 4 is 12.0 Å². The number of hydrogen-bond acceptors (Lipinski definition) is 2. The molecule has 1 aromatic carbocycles. The number of allylic oxidation sites excluding steroid dienone is 1. The SMILES string of the molecule is C=CCOc1ccc(CCC(=O)O)c(C=CC)c1. The van der Waals surface area contributed by atoms with E-state index in [0.29, 0.717) is 13.0 Å². The lowest BCUT2D eigenvalue weighted by Crippen LogP contribution is -2.00. The summed E-state index contributed by atoms with van der Waals surface area (Å²) in [5.41, 5.74) is 2.02. The van der Waals surface area contributed by atoms with Crippen LogP contribution in [-0.4, -0.2) is 17.7 Å². The molecule has 3 heteroatoms. The summed E-state index contributed by atoms with van der Waals surface area (Å²) in [6.07, 6.45) is 6.23. The monoisotopic (exact) mass is 246 g/mol. The van der Waals surface area contributed by atoms with Crippen LogP contribution in [0.3, 0.4) is 0 Å². The van der Waals surface area contributed by atoms with Gasteiger partial charge < -0.3 is 9.84 Å². The van der Waals surface area contributed by atoms with Crippen LogP contribution in [-0.2, 0) is 11.2 Å². The van der Waals surface area contributed by atoms with Gasteiger partial charge in [-0.1, -0.05) is 30.9 Å². The van der Waals surface area contributed by atoms with Gasteiger partial charge in [-0.15, -0.1) is 0 Å². The topological polar surface area (TPSA) is 46.5 Å². The van der Waals surface area contributed by atoms with E-state index < -0.39 is 5.97 Å². The lowest BCUT2D eigenvalue weighted by molar-refractivity contribution is -0.136. The molecule has 0 bridgehead atoms. The van der Waals surface area contributed by atoms with E-state index in [0.717, 1.165) is 16.9 Å². The molecule has 0 aliphatic rings. The van der Waals surface area contributed by atoms with Crippen molar-refractivity contribution < 1.29 is 14.6 Å². The van der Waals surface area contributed by atoms with Crippen LogP contribution in [0.15, 0.2) is 36.9 Å². The fourth-order valence-corrected chi connectivity index (χ4v) is 1.62. The lowest BCUT2D eigenvalue weighted by Gasteiger charge is -2.09. The molecule has 18 heavy (non-hydrogen) atoms. The van der Waals surface area contributed by atoms with Gasteiger partial charge in [0.25, 0.3) is 0 Å². The predicted octanol–water partition coefficient (Wildman–Crippen LogP) is 3.30. The van der Waals surface area contributed by atoms with E-state index in [1.165, 1.54) is 0 Å². The molecular weight excluding hydrogens is 228 g/mol. The fourth-order valence-electron chi connectivity index (χ4n) is 1.62. The van der Waals surface area contributed by atoms with Gasteiger partial charge in [-0.05, 0) is 36.6 Å². The van der Waals surface area contributed by atoms with E-state index in [2.05, 4.69) is 6.58 Å². The summed E-state index contributed by atoms with van der Waals surface area (Å²) in [7, 11) is 0. The molecule has 0 aromatic heterocycles. The first-order chi connectivity index (χ1) is 8.67. The van der Waals surface area contributed by atoms with Gasteiger partial charge in [0.05, 0.1) is 0 Å². The number of aliphatic carboxylic acids is 1. The van der Waals surface area contributed by atoms with Gasteiger partial charge in [-0.3, -0.25) is 4.79 Å². The molecule has 0 atom stereocenters. The second kappa shape index (κ2) is 7.33. The normalized spacial score (nSPS) is 10.5. The number of aryl methyl sites for hydroxylation is 1. The van der Waals surface area contributed by atoms with Crippen LogP contribution in [0.1, 0.15) is 24.5 Å². The number of benzene rings is 1. The minimum Gasteiger partial charge on any atom is -0.490 e. The van der Waals surface area contributed by atoms with Gasteiger partial charge in [0.2, 0.25) is 0 Å². The average Bonchev–Trinajstić information content (AvgIpc) is 2.35. The van der Waals surface area contributed by atoms with Gasteiger partial charge in [-0.25, -0.2) is 0 Å². The largest absolute Gasteiger partial charge is 0.490 e. The van der Waals surface area contributed by atoms with Crippen molar-refractivity contribution in [3.63, 3.8) is 0 Å². The molecule has 0 radical (unpaired) electrons. The quantitative estimate of drug-likeness (QED) is 0.751. The number of ether oxygens (including phenoxy) is 1. The molecule has 1 rings (SSSR count). The third-order valence-electron chi connectivity index (χ3n) is 2.44. The Labute approximate surface area is 107 Å². The maximum Gasteiger partial charge on any atom is 0.303 e. The van der Waals surface area contributed by atoms with Crippen LogP contribution < -0.4 is 4.74 Å². The van der Waals surface area contributed by atoms with Gasteiger partial charge in [-0.2, -0.15) is 0 Å². The molecule has 0 saturated heterocycles. The van der Waals surface area contributed by atoms with E-state index in [9.17, 15) is 4.79 Å². The minimum atomic E-state index is -0.784. The predicted molar refractivity (Wildman–Crippen MR) is 72.8 cm³/mol. The standard InChI is InChI=1S/C15H18O3/c1-3-5-13-11-14(18-10-4-2)8-6-12(13)7-9-15(16)17/h3-6,8,11H,2,7,9-10H2,1H3,(H,16,17). The van der Waals surface area contributed by atoms with Crippen molar-refractivity contribution in [2.45, 2.75) is 19.8 Å². The van der Waals surface area contributed by atoms with Crippen LogP contribution in [0.2, 0.25) is 0 Å². The Morgan fingerprint density at radius 1 is 1.50 bits per heavy atom. The van der Waals surface area contributed by atoms with Gasteiger partial charge in [0.15, 0.2) is 0 Å². The summed E-state index contributed by atoms with van der Waals surface area (Å²) < 4.78 is 5.45. The Balaban J connectivity index is 2.88. The fraction of sp³-hybridized carbons (Fsp3) is 0.267. The van der Waals surface area contributed by atoms with Crippen molar-refractivity contribution in [2.75, 3.05) is 6.61 Å². The molecule has 96 valence electrons. The summed E-state index contributed by atoms with van der Waals surface area (Å²) >= 11 is 0. The molecule has 0 aliphatic heterocycles. The second-order valence-corrected chi connectivity index (χ2v) is 3.85. The average molecular weight is 246 g/mol. The molecule has 3 nitrogen and oxygen atoms in total. The van der Waals surface area contributed by atoms with Crippen molar-refractivity contribution in [3.05, 3.63) is 48.1 Å². The minimum absolute atomic E-state index is 0.136. The third kappa shape index (κ3) is 4.45. The zero-order chi connectivity index (χ0) is 13.4. The first-order valence-corrected chi connectivity index (χ1v) is 5.88. The van der Waals surface area contributed by atoms with Crippen molar-refractivity contribution in [1.82, 2.24) is 0 Å².